The minimum absolute atomic E-state index is 0.299. The van der Waals surface area contributed by atoms with Gasteiger partial charge in [-0.05, 0) is 28.1 Å². The normalized spacial score (nSPS) is 11.9. The number of hydrogen-bond donors (Lipinski definition) is 1. The van der Waals surface area contributed by atoms with Gasteiger partial charge in [0.15, 0.2) is 0 Å². The van der Waals surface area contributed by atoms with Crippen molar-refractivity contribution in [3.63, 3.8) is 0 Å². The Balaban J connectivity index is 1.79. The third-order valence-corrected chi connectivity index (χ3v) is 4.96. The molecule has 9 heteroatoms. The molecule has 0 amide bonds. The van der Waals surface area contributed by atoms with Crippen molar-refractivity contribution in [1.82, 2.24) is 4.98 Å². The van der Waals surface area contributed by atoms with Crippen LogP contribution in [0.25, 0.3) is 11.3 Å². The molecule has 2 aromatic carbocycles. The Morgan fingerprint density at radius 3 is 2.54 bits per heavy atom. The van der Waals surface area contributed by atoms with Gasteiger partial charge in [0.1, 0.15) is 5.82 Å². The number of hydrazone groups is 1. The van der Waals surface area contributed by atoms with Crippen molar-refractivity contribution < 1.29 is 17.6 Å². The Labute approximate surface area is 158 Å². The van der Waals surface area contributed by atoms with Gasteiger partial charge >= 0.3 is 6.18 Å². The summed E-state index contributed by atoms with van der Waals surface area (Å²) in [5.41, 5.74) is 2.99. The number of thiazole rings is 1. The summed E-state index contributed by atoms with van der Waals surface area (Å²) in [7, 11) is 0. The minimum Gasteiger partial charge on any atom is -0.253 e. The average molecular weight is 444 g/mol. The van der Waals surface area contributed by atoms with Crippen LogP contribution in [0, 0.1) is 5.82 Å². The number of benzene rings is 2. The zero-order valence-corrected chi connectivity index (χ0v) is 15.3. The summed E-state index contributed by atoms with van der Waals surface area (Å²) in [6.45, 7) is 0. The van der Waals surface area contributed by atoms with Crippen molar-refractivity contribution in [3.8, 4) is 11.3 Å². The highest BCUT2D eigenvalue weighted by Gasteiger charge is 2.34. The summed E-state index contributed by atoms with van der Waals surface area (Å²) >= 11 is 4.07. The van der Waals surface area contributed by atoms with Crippen molar-refractivity contribution in [3.05, 3.63) is 69.3 Å². The summed E-state index contributed by atoms with van der Waals surface area (Å²) in [6.07, 6.45) is -3.61. The molecule has 0 aliphatic rings. The van der Waals surface area contributed by atoms with Crippen molar-refractivity contribution in [2.45, 2.75) is 6.18 Å². The fourth-order valence-electron chi connectivity index (χ4n) is 2.13. The Bertz CT molecular complexity index is 939. The number of anilines is 1. The topological polar surface area (TPSA) is 37.3 Å². The maximum Gasteiger partial charge on any atom is 0.417 e. The third kappa shape index (κ3) is 4.10. The average Bonchev–Trinajstić information content (AvgIpc) is 3.06. The summed E-state index contributed by atoms with van der Waals surface area (Å²) in [5.74, 6) is -0.820. The van der Waals surface area contributed by atoms with Crippen molar-refractivity contribution in [2.75, 3.05) is 5.43 Å². The first-order valence-electron chi connectivity index (χ1n) is 7.21. The molecule has 0 atom stereocenters. The molecule has 0 unspecified atom stereocenters. The largest absolute Gasteiger partial charge is 0.417 e. The van der Waals surface area contributed by atoms with Crippen LogP contribution in [0.4, 0.5) is 22.7 Å². The summed E-state index contributed by atoms with van der Waals surface area (Å²) in [5, 5.41) is 6.05. The first kappa shape index (κ1) is 18.5. The second-order valence-electron chi connectivity index (χ2n) is 5.09. The lowest BCUT2D eigenvalue weighted by molar-refractivity contribution is -0.138. The first-order chi connectivity index (χ1) is 12.4. The van der Waals surface area contributed by atoms with Crippen LogP contribution in [0.5, 0.6) is 0 Å². The molecule has 134 valence electrons. The van der Waals surface area contributed by atoms with E-state index in [0.29, 0.717) is 11.2 Å². The lowest BCUT2D eigenvalue weighted by Gasteiger charge is -2.11. The van der Waals surface area contributed by atoms with E-state index < -0.39 is 22.0 Å². The van der Waals surface area contributed by atoms with Gasteiger partial charge < -0.3 is 0 Å². The number of nitrogens with one attached hydrogen (secondary N) is 1. The molecule has 0 fully saturated rings. The number of alkyl halides is 3. The fourth-order valence-corrected chi connectivity index (χ4v) is 3.44. The SMILES string of the molecule is Fc1ccc(C(F)(F)F)c(Br)c1C=NNc1nc(-c2ccccc2)cs1. The van der Waals surface area contributed by atoms with Crippen LogP contribution in [0.15, 0.2) is 57.4 Å². The summed E-state index contributed by atoms with van der Waals surface area (Å²) in [6, 6.07) is 10.9. The van der Waals surface area contributed by atoms with Gasteiger partial charge in [0.25, 0.3) is 0 Å². The van der Waals surface area contributed by atoms with E-state index in [1.165, 1.54) is 11.3 Å². The van der Waals surface area contributed by atoms with Crippen LogP contribution in [-0.4, -0.2) is 11.2 Å². The van der Waals surface area contributed by atoms with E-state index in [1.54, 1.807) is 0 Å². The van der Waals surface area contributed by atoms with Crippen molar-refractivity contribution >= 4 is 38.6 Å². The van der Waals surface area contributed by atoms with E-state index in [9.17, 15) is 17.6 Å². The van der Waals surface area contributed by atoms with Gasteiger partial charge in [0, 0.05) is 21.0 Å². The zero-order valence-electron chi connectivity index (χ0n) is 12.9. The van der Waals surface area contributed by atoms with E-state index >= 15 is 0 Å². The van der Waals surface area contributed by atoms with Gasteiger partial charge in [-0.1, -0.05) is 30.3 Å². The number of aromatic nitrogens is 1. The van der Waals surface area contributed by atoms with E-state index in [2.05, 4.69) is 31.4 Å². The molecule has 0 saturated carbocycles. The fraction of sp³-hybridized carbons (Fsp3) is 0.0588. The van der Waals surface area contributed by atoms with Crippen LogP contribution < -0.4 is 5.43 Å². The van der Waals surface area contributed by atoms with Gasteiger partial charge in [-0.3, -0.25) is 5.43 Å². The lowest BCUT2D eigenvalue weighted by atomic mass is 10.1. The molecule has 3 nitrogen and oxygen atoms in total. The van der Waals surface area contributed by atoms with Crippen LogP contribution >= 0.6 is 27.3 Å². The molecule has 0 aliphatic heterocycles. The zero-order chi connectivity index (χ0) is 18.7. The smallest absolute Gasteiger partial charge is 0.253 e. The highest BCUT2D eigenvalue weighted by Crippen LogP contribution is 2.36. The molecule has 0 radical (unpaired) electrons. The van der Waals surface area contributed by atoms with E-state index in [-0.39, 0.29) is 5.56 Å². The predicted octanol–water partition coefficient (Wildman–Crippen LogP) is 6.18. The number of halogens is 5. The molecular weight excluding hydrogens is 434 g/mol. The quantitative estimate of drug-likeness (QED) is 0.297. The molecule has 0 bridgehead atoms. The molecule has 0 saturated heterocycles. The lowest BCUT2D eigenvalue weighted by Crippen LogP contribution is -2.08. The standard InChI is InChI=1S/C17H10BrF4N3S/c18-15-11(13(19)7-6-12(15)17(20,21)22)8-23-25-16-24-14(9-26-16)10-4-2-1-3-5-10/h1-9H,(H,24,25). The Morgan fingerprint density at radius 1 is 1.12 bits per heavy atom. The van der Waals surface area contributed by atoms with Crippen LogP contribution in [-0.2, 0) is 6.18 Å². The maximum atomic E-state index is 13.8. The second-order valence-corrected chi connectivity index (χ2v) is 6.75. The van der Waals surface area contributed by atoms with Crippen molar-refractivity contribution in [1.29, 1.82) is 0 Å². The predicted molar refractivity (Wildman–Crippen MR) is 97.9 cm³/mol. The highest BCUT2D eigenvalue weighted by molar-refractivity contribution is 9.10. The molecule has 1 aromatic heterocycles. The van der Waals surface area contributed by atoms with Crippen LogP contribution in [0.1, 0.15) is 11.1 Å². The van der Waals surface area contributed by atoms with Crippen LogP contribution in [0.2, 0.25) is 0 Å². The Hall–Kier alpha value is -2.26. The van der Waals surface area contributed by atoms with E-state index in [1.807, 2.05) is 35.7 Å². The highest BCUT2D eigenvalue weighted by atomic mass is 79.9. The van der Waals surface area contributed by atoms with Gasteiger partial charge in [-0.25, -0.2) is 9.37 Å². The monoisotopic (exact) mass is 443 g/mol. The third-order valence-electron chi connectivity index (χ3n) is 3.36. The number of hydrogen-bond acceptors (Lipinski definition) is 4. The number of nitrogens with zero attached hydrogens (tertiary/aromatic N) is 2. The van der Waals surface area contributed by atoms with Gasteiger partial charge in [-0.15, -0.1) is 11.3 Å². The van der Waals surface area contributed by atoms with Crippen molar-refractivity contribution in [2.24, 2.45) is 5.10 Å². The molecule has 1 N–H and O–H groups in total. The molecule has 3 rings (SSSR count). The van der Waals surface area contributed by atoms with E-state index in [0.717, 1.165) is 23.5 Å². The van der Waals surface area contributed by atoms with E-state index in [4.69, 9.17) is 0 Å². The minimum atomic E-state index is -4.59. The molecular formula is C17H10BrF4N3S. The Morgan fingerprint density at radius 2 is 1.85 bits per heavy atom. The van der Waals surface area contributed by atoms with Gasteiger partial charge in [0.05, 0.1) is 17.5 Å². The molecule has 3 aromatic rings. The summed E-state index contributed by atoms with van der Waals surface area (Å²) in [4.78, 5) is 4.32. The Kier molecular flexibility index (Phi) is 5.38. The molecule has 1 heterocycles. The molecule has 0 aliphatic carbocycles. The van der Waals surface area contributed by atoms with Crippen LogP contribution in [0.3, 0.4) is 0 Å². The second kappa shape index (κ2) is 7.55. The number of rotatable bonds is 4. The first-order valence-corrected chi connectivity index (χ1v) is 8.89. The van der Waals surface area contributed by atoms with Gasteiger partial charge in [-0.2, -0.15) is 18.3 Å². The molecule has 26 heavy (non-hydrogen) atoms. The van der Waals surface area contributed by atoms with Gasteiger partial charge in [0.2, 0.25) is 5.13 Å². The summed E-state index contributed by atoms with van der Waals surface area (Å²) < 4.78 is 52.1. The molecule has 0 spiro atoms. The maximum absolute atomic E-state index is 13.8.